The average Bonchev–Trinajstić information content (AvgIpc) is 2.30. The molecule has 1 saturated heterocycles. The van der Waals surface area contributed by atoms with Crippen molar-refractivity contribution in [2.45, 2.75) is 70.5 Å². The number of aliphatic hydroxyl groups excluding tert-OH is 1. The average molecular weight is 257 g/mol. The van der Waals surface area contributed by atoms with E-state index in [9.17, 15) is 15.0 Å². The number of hydrogen-bond donors (Lipinski definition) is 2. The largest absolute Gasteiger partial charge is 0.393 e. The Balaban J connectivity index is 2.50. The molecule has 1 amide bonds. The molecule has 0 radical (unpaired) electrons. The molecule has 1 aliphatic heterocycles. The van der Waals surface area contributed by atoms with Gasteiger partial charge in [0, 0.05) is 13.1 Å². The molecular formula is C14H27NO3. The van der Waals surface area contributed by atoms with Gasteiger partial charge in [-0.05, 0) is 25.7 Å². The zero-order chi connectivity index (χ0) is 13.6. The molecule has 0 saturated carbocycles. The van der Waals surface area contributed by atoms with Crippen LogP contribution in [0.25, 0.3) is 0 Å². The Morgan fingerprint density at radius 2 is 1.72 bits per heavy atom. The van der Waals surface area contributed by atoms with Crippen molar-refractivity contribution in [1.82, 2.24) is 4.90 Å². The lowest BCUT2D eigenvalue weighted by Crippen LogP contribution is -2.44. The third-order valence-corrected chi connectivity index (χ3v) is 3.73. The second-order valence-corrected chi connectivity index (χ2v) is 5.51. The van der Waals surface area contributed by atoms with Crippen molar-refractivity contribution in [2.24, 2.45) is 0 Å². The summed E-state index contributed by atoms with van der Waals surface area (Å²) in [5, 5.41) is 19.9. The molecule has 1 heterocycles. The van der Waals surface area contributed by atoms with Gasteiger partial charge in [0.15, 0.2) is 0 Å². The summed E-state index contributed by atoms with van der Waals surface area (Å²) in [6.07, 6.45) is 4.43. The van der Waals surface area contributed by atoms with Crippen LogP contribution in [-0.4, -0.2) is 45.8 Å². The van der Waals surface area contributed by atoms with Gasteiger partial charge in [0.05, 0.1) is 18.1 Å². The summed E-state index contributed by atoms with van der Waals surface area (Å²) < 4.78 is 0. The van der Waals surface area contributed by atoms with Gasteiger partial charge in [0.25, 0.3) is 0 Å². The van der Waals surface area contributed by atoms with Crippen molar-refractivity contribution in [3.8, 4) is 0 Å². The van der Waals surface area contributed by atoms with Gasteiger partial charge in [0.1, 0.15) is 0 Å². The van der Waals surface area contributed by atoms with Gasteiger partial charge in [-0.25, -0.2) is 0 Å². The summed E-state index contributed by atoms with van der Waals surface area (Å²) in [5.41, 5.74) is -0.837. The van der Waals surface area contributed by atoms with Gasteiger partial charge in [0.2, 0.25) is 5.91 Å². The lowest BCUT2D eigenvalue weighted by molar-refractivity contribution is -0.139. The fourth-order valence-corrected chi connectivity index (χ4v) is 2.74. The molecule has 4 nitrogen and oxygen atoms in total. The topological polar surface area (TPSA) is 60.8 Å². The van der Waals surface area contributed by atoms with Crippen molar-refractivity contribution in [3.63, 3.8) is 0 Å². The predicted octanol–water partition coefficient (Wildman–Crippen LogP) is 1.69. The molecule has 1 fully saturated rings. The number of carbonyl (C=O) groups is 1. The minimum Gasteiger partial charge on any atom is -0.393 e. The third kappa shape index (κ3) is 4.58. The van der Waals surface area contributed by atoms with E-state index in [0.717, 1.165) is 12.8 Å². The normalized spacial score (nSPS) is 18.1. The fourth-order valence-electron chi connectivity index (χ4n) is 2.74. The van der Waals surface area contributed by atoms with E-state index >= 15 is 0 Å². The lowest BCUT2D eigenvalue weighted by atomic mass is 9.88. The molecule has 4 heteroatoms. The Hall–Kier alpha value is -0.610. The van der Waals surface area contributed by atoms with E-state index in [1.54, 1.807) is 4.90 Å². The lowest BCUT2D eigenvalue weighted by Gasteiger charge is -2.33. The SMILES string of the molecule is CCCC(O)(CCC)CC(=O)N1CCC(O)CC1. The summed E-state index contributed by atoms with van der Waals surface area (Å²) in [5.74, 6) is 0.0336. The number of likely N-dealkylation sites (tertiary alicyclic amines) is 1. The first kappa shape index (κ1) is 15.4. The Kier molecular flexibility index (Phi) is 6.09. The highest BCUT2D eigenvalue weighted by molar-refractivity contribution is 5.77. The molecule has 0 bridgehead atoms. The first-order valence-corrected chi connectivity index (χ1v) is 7.19. The second-order valence-electron chi connectivity index (χ2n) is 5.51. The van der Waals surface area contributed by atoms with Gasteiger partial charge < -0.3 is 15.1 Å². The minimum absolute atomic E-state index is 0.0336. The monoisotopic (exact) mass is 257 g/mol. The highest BCUT2D eigenvalue weighted by Gasteiger charge is 2.31. The number of nitrogens with zero attached hydrogens (tertiary/aromatic N) is 1. The molecule has 18 heavy (non-hydrogen) atoms. The molecule has 106 valence electrons. The highest BCUT2D eigenvalue weighted by Crippen LogP contribution is 2.25. The van der Waals surface area contributed by atoms with Gasteiger partial charge in [-0.15, -0.1) is 0 Å². The minimum atomic E-state index is -0.837. The van der Waals surface area contributed by atoms with Crippen LogP contribution in [0, 0.1) is 0 Å². The molecule has 0 spiro atoms. The fraction of sp³-hybridized carbons (Fsp3) is 0.929. The Labute approximate surface area is 110 Å². The maximum atomic E-state index is 12.2. The summed E-state index contributed by atoms with van der Waals surface area (Å²) in [7, 11) is 0. The smallest absolute Gasteiger partial charge is 0.225 e. The van der Waals surface area contributed by atoms with E-state index in [1.165, 1.54) is 0 Å². The van der Waals surface area contributed by atoms with E-state index in [0.29, 0.717) is 38.8 Å². The number of carbonyl (C=O) groups excluding carboxylic acids is 1. The van der Waals surface area contributed by atoms with Crippen LogP contribution in [0.1, 0.15) is 58.8 Å². The zero-order valence-corrected chi connectivity index (χ0v) is 11.7. The Morgan fingerprint density at radius 1 is 1.22 bits per heavy atom. The number of aliphatic hydroxyl groups is 2. The van der Waals surface area contributed by atoms with Crippen LogP contribution in [0.2, 0.25) is 0 Å². The van der Waals surface area contributed by atoms with E-state index < -0.39 is 5.60 Å². The quantitative estimate of drug-likeness (QED) is 0.761. The summed E-state index contributed by atoms with van der Waals surface area (Å²) >= 11 is 0. The summed E-state index contributed by atoms with van der Waals surface area (Å²) in [6.45, 7) is 5.30. The zero-order valence-electron chi connectivity index (χ0n) is 11.7. The van der Waals surface area contributed by atoms with Gasteiger partial charge >= 0.3 is 0 Å². The van der Waals surface area contributed by atoms with Crippen molar-refractivity contribution >= 4 is 5.91 Å². The molecule has 0 atom stereocenters. The summed E-state index contributed by atoms with van der Waals surface area (Å²) in [4.78, 5) is 13.9. The molecular weight excluding hydrogens is 230 g/mol. The van der Waals surface area contributed by atoms with Crippen LogP contribution >= 0.6 is 0 Å². The maximum Gasteiger partial charge on any atom is 0.225 e. The first-order valence-electron chi connectivity index (χ1n) is 7.19. The van der Waals surface area contributed by atoms with Gasteiger partial charge in [-0.1, -0.05) is 26.7 Å². The molecule has 0 unspecified atom stereocenters. The van der Waals surface area contributed by atoms with Crippen LogP contribution in [-0.2, 0) is 4.79 Å². The standard InChI is InChI=1S/C14H27NO3/c1-3-7-14(18,8-4-2)11-13(17)15-9-5-12(16)6-10-15/h12,16,18H,3-11H2,1-2H3. The van der Waals surface area contributed by atoms with Crippen LogP contribution < -0.4 is 0 Å². The number of amides is 1. The molecule has 2 N–H and O–H groups in total. The second kappa shape index (κ2) is 7.10. The predicted molar refractivity (Wildman–Crippen MR) is 71.2 cm³/mol. The molecule has 1 aliphatic rings. The molecule has 1 rings (SSSR count). The Bertz CT molecular complexity index is 254. The van der Waals surface area contributed by atoms with Crippen LogP contribution in [0.15, 0.2) is 0 Å². The molecule has 0 aromatic heterocycles. The Morgan fingerprint density at radius 3 is 2.17 bits per heavy atom. The van der Waals surface area contributed by atoms with Crippen LogP contribution in [0.3, 0.4) is 0 Å². The van der Waals surface area contributed by atoms with E-state index in [2.05, 4.69) is 0 Å². The van der Waals surface area contributed by atoms with Gasteiger partial charge in [-0.3, -0.25) is 4.79 Å². The molecule has 0 aliphatic carbocycles. The number of hydrogen-bond acceptors (Lipinski definition) is 3. The summed E-state index contributed by atoms with van der Waals surface area (Å²) in [6, 6.07) is 0. The highest BCUT2D eigenvalue weighted by atomic mass is 16.3. The van der Waals surface area contributed by atoms with Crippen molar-refractivity contribution < 1.29 is 15.0 Å². The maximum absolute atomic E-state index is 12.2. The molecule has 0 aromatic carbocycles. The van der Waals surface area contributed by atoms with Crippen molar-refractivity contribution in [3.05, 3.63) is 0 Å². The number of rotatable bonds is 6. The van der Waals surface area contributed by atoms with E-state index in [4.69, 9.17) is 0 Å². The van der Waals surface area contributed by atoms with E-state index in [-0.39, 0.29) is 18.4 Å². The number of piperidine rings is 1. The van der Waals surface area contributed by atoms with Crippen molar-refractivity contribution in [1.29, 1.82) is 0 Å². The van der Waals surface area contributed by atoms with E-state index in [1.807, 2.05) is 13.8 Å². The third-order valence-electron chi connectivity index (χ3n) is 3.73. The van der Waals surface area contributed by atoms with Crippen LogP contribution in [0.5, 0.6) is 0 Å². The van der Waals surface area contributed by atoms with Crippen LogP contribution in [0.4, 0.5) is 0 Å². The molecule has 0 aromatic rings. The van der Waals surface area contributed by atoms with Gasteiger partial charge in [-0.2, -0.15) is 0 Å². The first-order chi connectivity index (χ1) is 8.50. The van der Waals surface area contributed by atoms with Crippen molar-refractivity contribution in [2.75, 3.05) is 13.1 Å².